The van der Waals surface area contributed by atoms with E-state index in [1.807, 2.05) is 0 Å². The second kappa shape index (κ2) is 13.6. The van der Waals surface area contributed by atoms with Crippen LogP contribution < -0.4 is 0 Å². The fraction of sp³-hybridized carbons (Fsp3) is 0.375. The van der Waals surface area contributed by atoms with Crippen molar-refractivity contribution in [1.29, 1.82) is 0 Å². The first-order valence-electron chi connectivity index (χ1n) is 9.06. The van der Waals surface area contributed by atoms with Crippen molar-refractivity contribution < 1.29 is 40.8 Å². The molecule has 25 heavy (non-hydrogen) atoms. The Bertz CT molecular complexity index is 502. The van der Waals surface area contributed by atoms with Crippen LogP contribution in [-0.2, 0) is 0 Å². The Morgan fingerprint density at radius 2 is 0.880 bits per heavy atom. The van der Waals surface area contributed by atoms with Crippen molar-refractivity contribution in [2.24, 2.45) is 0 Å². The molecule has 0 aliphatic heterocycles. The predicted molar refractivity (Wildman–Crippen MR) is 108 cm³/mol. The molecule has 0 nitrogen and oxygen atoms in total. The molecule has 0 amide bonds. The molecule has 0 aliphatic rings. The quantitative estimate of drug-likeness (QED) is 0.350. The minimum Gasteiger partial charge on any atom is -0.748 e. The van der Waals surface area contributed by atoms with Crippen LogP contribution in [0.15, 0.2) is 72.8 Å². The van der Waals surface area contributed by atoms with Crippen LogP contribution in [0.2, 0.25) is 0 Å². The topological polar surface area (TPSA) is 0 Å². The van der Waals surface area contributed by atoms with Crippen LogP contribution in [0.3, 0.4) is 0 Å². The zero-order valence-electron chi connectivity index (χ0n) is 16.7. The van der Waals surface area contributed by atoms with Crippen molar-refractivity contribution in [3.8, 4) is 0 Å². The molecule has 3 aromatic carbocycles. The third kappa shape index (κ3) is 10.2. The maximum absolute atomic E-state index is 2.20. The molecule has 0 N–H and O–H groups in total. The number of hydrogen-bond acceptors (Lipinski definition) is 0. The van der Waals surface area contributed by atoms with Gasteiger partial charge in [0.1, 0.15) is 0 Å². The molecular formula is C24H33Nd-7. The SMILES string of the molecule is CC(C)[c-]1[cH-][cH-][cH-][cH-]1.CC(C)[c-]1cccc1.CC(C)[c-]1cccc1.[Nd]. The molecule has 0 saturated heterocycles. The van der Waals surface area contributed by atoms with E-state index in [1.54, 1.807) is 0 Å². The van der Waals surface area contributed by atoms with Gasteiger partial charge in [0.05, 0.1) is 0 Å². The molecule has 0 aliphatic carbocycles. The van der Waals surface area contributed by atoms with E-state index in [4.69, 9.17) is 0 Å². The van der Waals surface area contributed by atoms with Crippen LogP contribution in [0.4, 0.5) is 0 Å². The Morgan fingerprint density at radius 1 is 0.560 bits per heavy atom. The molecule has 0 saturated carbocycles. The van der Waals surface area contributed by atoms with Crippen LogP contribution in [0, 0.1) is 40.8 Å². The van der Waals surface area contributed by atoms with E-state index in [2.05, 4.69) is 114 Å². The van der Waals surface area contributed by atoms with Gasteiger partial charge < -0.3 is 29.8 Å². The number of hydrogen-bond donors (Lipinski definition) is 0. The Balaban J connectivity index is 0.000000339. The molecule has 140 valence electrons. The van der Waals surface area contributed by atoms with Crippen LogP contribution in [0.5, 0.6) is 0 Å². The molecule has 3 aromatic rings. The molecule has 0 heterocycles. The molecule has 0 bridgehead atoms. The minimum absolute atomic E-state index is 0. The van der Waals surface area contributed by atoms with Crippen molar-refractivity contribution in [1.82, 2.24) is 0 Å². The average Bonchev–Trinajstić information content (AvgIpc) is 3.29. The van der Waals surface area contributed by atoms with E-state index in [9.17, 15) is 0 Å². The maximum atomic E-state index is 2.20. The summed E-state index contributed by atoms with van der Waals surface area (Å²) in [6, 6.07) is 25.4. The minimum atomic E-state index is 0. The van der Waals surface area contributed by atoms with Crippen LogP contribution in [-0.4, -0.2) is 0 Å². The first-order valence-corrected chi connectivity index (χ1v) is 9.06. The van der Waals surface area contributed by atoms with E-state index in [1.165, 1.54) is 16.7 Å². The van der Waals surface area contributed by atoms with Gasteiger partial charge in [-0.05, 0) is 0 Å². The summed E-state index contributed by atoms with van der Waals surface area (Å²) in [5.41, 5.74) is 4.31. The van der Waals surface area contributed by atoms with Crippen molar-refractivity contribution in [2.45, 2.75) is 59.3 Å². The van der Waals surface area contributed by atoms with E-state index in [-0.39, 0.29) is 40.8 Å². The summed E-state index contributed by atoms with van der Waals surface area (Å²) in [6.45, 7) is 13.2. The zero-order chi connectivity index (χ0) is 17.9. The monoisotopic (exact) mass is 463 g/mol. The largest absolute Gasteiger partial charge is 0.748 e. The van der Waals surface area contributed by atoms with Crippen molar-refractivity contribution in [2.75, 3.05) is 0 Å². The van der Waals surface area contributed by atoms with Gasteiger partial charge in [-0.25, -0.2) is 30.2 Å². The Hall–Kier alpha value is -0.599. The summed E-state index contributed by atoms with van der Waals surface area (Å²) in [4.78, 5) is 0. The zero-order valence-corrected chi connectivity index (χ0v) is 19.9. The first-order chi connectivity index (χ1) is 11.4. The van der Waals surface area contributed by atoms with E-state index >= 15 is 0 Å². The summed E-state index contributed by atoms with van der Waals surface area (Å²) in [5, 5.41) is 0. The van der Waals surface area contributed by atoms with Gasteiger partial charge in [0.15, 0.2) is 0 Å². The van der Waals surface area contributed by atoms with Gasteiger partial charge in [0.2, 0.25) is 0 Å². The Labute approximate surface area is 188 Å². The van der Waals surface area contributed by atoms with Crippen molar-refractivity contribution in [3.05, 3.63) is 89.5 Å². The second-order valence-corrected chi connectivity index (χ2v) is 7.12. The third-order valence-electron chi connectivity index (χ3n) is 4.07. The molecule has 0 radical (unpaired) electrons. The Kier molecular flexibility index (Phi) is 13.3. The molecule has 0 spiro atoms. The van der Waals surface area contributed by atoms with Crippen molar-refractivity contribution >= 4 is 0 Å². The number of rotatable bonds is 3. The normalized spacial score (nSPS) is 9.96. The van der Waals surface area contributed by atoms with E-state index in [0.29, 0.717) is 17.8 Å². The molecule has 0 unspecified atom stereocenters. The fourth-order valence-electron chi connectivity index (χ4n) is 2.32. The van der Waals surface area contributed by atoms with Gasteiger partial charge in [0.25, 0.3) is 0 Å². The first kappa shape index (κ1) is 24.4. The molecule has 0 aromatic heterocycles. The van der Waals surface area contributed by atoms with Gasteiger partial charge in [0, 0.05) is 40.8 Å². The third-order valence-corrected chi connectivity index (χ3v) is 4.07. The van der Waals surface area contributed by atoms with E-state index in [0.717, 1.165) is 0 Å². The predicted octanol–water partition coefficient (Wildman–Crippen LogP) is 7.59. The van der Waals surface area contributed by atoms with Crippen LogP contribution >= 0.6 is 0 Å². The van der Waals surface area contributed by atoms with Gasteiger partial charge in [-0.2, -0.15) is 35.4 Å². The van der Waals surface area contributed by atoms with Gasteiger partial charge in [-0.1, -0.05) is 53.4 Å². The molecule has 0 fully saturated rings. The molecule has 0 atom stereocenters. The Morgan fingerprint density at radius 3 is 1.04 bits per heavy atom. The van der Waals surface area contributed by atoms with Crippen LogP contribution in [0.25, 0.3) is 0 Å². The average molecular weight is 466 g/mol. The second-order valence-electron chi connectivity index (χ2n) is 7.12. The van der Waals surface area contributed by atoms with Gasteiger partial charge >= 0.3 is 0 Å². The van der Waals surface area contributed by atoms with Crippen molar-refractivity contribution in [3.63, 3.8) is 0 Å². The maximum Gasteiger partial charge on any atom is 0 e. The van der Waals surface area contributed by atoms with Gasteiger partial charge in [-0.3, -0.25) is 0 Å². The smallest absolute Gasteiger partial charge is 0 e. The van der Waals surface area contributed by atoms with Gasteiger partial charge in [-0.15, -0.1) is 0 Å². The van der Waals surface area contributed by atoms with Crippen LogP contribution in [0.1, 0.15) is 76.0 Å². The van der Waals surface area contributed by atoms with E-state index < -0.39 is 0 Å². The summed E-state index contributed by atoms with van der Waals surface area (Å²) in [5.74, 6) is 2.06. The fourth-order valence-corrected chi connectivity index (χ4v) is 2.32. The molecule has 1 heteroatoms. The molecular weight excluding hydrogens is 433 g/mol. The summed E-state index contributed by atoms with van der Waals surface area (Å²) >= 11 is 0. The summed E-state index contributed by atoms with van der Waals surface area (Å²) in [6.07, 6.45) is 0. The summed E-state index contributed by atoms with van der Waals surface area (Å²) < 4.78 is 0. The standard InChI is InChI=1S/3C8H11.Nd/c3*1-7(2)8-5-3-4-6-8;/h3*3-7H,1-2H3;/q-5;2*-1;. The summed E-state index contributed by atoms with van der Waals surface area (Å²) in [7, 11) is 0. The molecule has 3 rings (SSSR count).